The molecule has 1 nitrogen and oxygen atoms in total. The lowest BCUT2D eigenvalue weighted by molar-refractivity contribution is 0.599. The van der Waals surface area contributed by atoms with E-state index in [1.807, 2.05) is 0 Å². The molecule has 1 unspecified atom stereocenters. The summed E-state index contributed by atoms with van der Waals surface area (Å²) in [6.07, 6.45) is 8.20. The van der Waals surface area contributed by atoms with E-state index in [-0.39, 0.29) is 0 Å². The normalized spacial score (nSPS) is 10.5. The van der Waals surface area contributed by atoms with E-state index < -0.39 is 0 Å². The summed E-state index contributed by atoms with van der Waals surface area (Å²) in [5, 5.41) is 0. The van der Waals surface area contributed by atoms with Crippen LogP contribution in [0.4, 0.5) is 0 Å². The van der Waals surface area contributed by atoms with E-state index in [9.17, 15) is 0 Å². The van der Waals surface area contributed by atoms with Gasteiger partial charge in [0, 0.05) is 0 Å². The number of rotatable bonds is 5. The van der Waals surface area contributed by atoms with Gasteiger partial charge in [-0.1, -0.05) is 35.4 Å². The summed E-state index contributed by atoms with van der Waals surface area (Å²) in [5.74, 6) is 0. The van der Waals surface area contributed by atoms with Gasteiger partial charge >= 0.3 is 0 Å². The van der Waals surface area contributed by atoms with Crippen LogP contribution >= 0.6 is 9.24 Å². The van der Waals surface area contributed by atoms with Gasteiger partial charge in [-0.2, -0.15) is 0 Å². The highest BCUT2D eigenvalue weighted by Gasteiger charge is 1.99. The zero-order chi connectivity index (χ0) is 8.81. The lowest BCUT2D eigenvalue weighted by Gasteiger charge is -1.97. The highest BCUT2D eigenvalue weighted by molar-refractivity contribution is 7.26. The maximum atomic E-state index is 5.18. The second-order valence-corrected chi connectivity index (χ2v) is 3.65. The fourth-order valence-electron chi connectivity index (χ4n) is 1.30. The van der Waals surface area contributed by atoms with Crippen LogP contribution in [0, 0.1) is 0 Å². The van der Waals surface area contributed by atoms with Gasteiger partial charge in [-0.25, -0.2) is 0 Å². The quantitative estimate of drug-likeness (QED) is 0.506. The van der Waals surface area contributed by atoms with Crippen molar-refractivity contribution < 1.29 is 4.42 Å². The standard InChI is InChI=1S/C10H17OP/c1-2-3-4-5-6-9-7-8-11-10(9)12/h7-8H,2-6,12H2,1H3. The molecule has 1 atom stereocenters. The summed E-state index contributed by atoms with van der Waals surface area (Å²) < 4.78 is 5.18. The molecule has 0 bridgehead atoms. The molecule has 0 fully saturated rings. The average Bonchev–Trinajstić information content (AvgIpc) is 2.46. The summed E-state index contributed by atoms with van der Waals surface area (Å²) in [5.41, 5.74) is 2.35. The van der Waals surface area contributed by atoms with Crippen LogP contribution in [0.15, 0.2) is 16.7 Å². The highest BCUT2D eigenvalue weighted by atomic mass is 31.0. The molecule has 0 aliphatic carbocycles. The molecule has 2 heteroatoms. The predicted octanol–water partition coefficient (Wildman–Crippen LogP) is 2.90. The second-order valence-electron chi connectivity index (χ2n) is 3.12. The van der Waals surface area contributed by atoms with Crippen molar-refractivity contribution in [1.29, 1.82) is 0 Å². The molecule has 0 saturated carbocycles. The Balaban J connectivity index is 2.20. The summed E-state index contributed by atoms with van der Waals surface area (Å²) in [6.45, 7) is 2.24. The minimum atomic E-state index is 1.01. The molecule has 12 heavy (non-hydrogen) atoms. The average molecular weight is 184 g/mol. The molecule has 0 spiro atoms. The van der Waals surface area contributed by atoms with E-state index in [2.05, 4.69) is 22.2 Å². The van der Waals surface area contributed by atoms with Crippen LogP contribution in [-0.4, -0.2) is 0 Å². The van der Waals surface area contributed by atoms with Gasteiger partial charge in [-0.3, -0.25) is 0 Å². The Morgan fingerprint density at radius 1 is 1.33 bits per heavy atom. The van der Waals surface area contributed by atoms with Crippen molar-refractivity contribution in [3.8, 4) is 0 Å². The van der Waals surface area contributed by atoms with Crippen molar-refractivity contribution in [3.05, 3.63) is 17.9 Å². The Kier molecular flexibility index (Phi) is 4.39. The van der Waals surface area contributed by atoms with E-state index in [1.165, 1.54) is 31.2 Å². The van der Waals surface area contributed by atoms with Gasteiger partial charge in [0.15, 0.2) is 0 Å². The minimum Gasteiger partial charge on any atom is -0.465 e. The molecule has 0 amide bonds. The SMILES string of the molecule is CCCCCCc1ccoc1P. The number of aryl methyl sites for hydroxylation is 1. The molecule has 0 aliphatic heterocycles. The smallest absolute Gasteiger partial charge is 0.122 e. The van der Waals surface area contributed by atoms with Crippen molar-refractivity contribution >= 4 is 14.7 Å². The first kappa shape index (κ1) is 9.80. The van der Waals surface area contributed by atoms with Crippen LogP contribution in [0.1, 0.15) is 38.2 Å². The van der Waals surface area contributed by atoms with Gasteiger partial charge in [0.05, 0.1) is 6.26 Å². The van der Waals surface area contributed by atoms with Crippen molar-refractivity contribution in [2.75, 3.05) is 0 Å². The zero-order valence-electron chi connectivity index (χ0n) is 7.68. The zero-order valence-corrected chi connectivity index (χ0v) is 8.83. The monoisotopic (exact) mass is 184 g/mol. The Morgan fingerprint density at radius 2 is 2.17 bits per heavy atom. The van der Waals surface area contributed by atoms with Crippen LogP contribution < -0.4 is 5.50 Å². The molecule has 1 rings (SSSR count). The Labute approximate surface area is 76.7 Å². The van der Waals surface area contributed by atoms with Crippen LogP contribution in [0.5, 0.6) is 0 Å². The van der Waals surface area contributed by atoms with Crippen molar-refractivity contribution in [2.24, 2.45) is 0 Å². The predicted molar refractivity (Wildman–Crippen MR) is 55.9 cm³/mol. The fourth-order valence-corrected chi connectivity index (χ4v) is 1.62. The van der Waals surface area contributed by atoms with Crippen molar-refractivity contribution in [2.45, 2.75) is 39.0 Å². The van der Waals surface area contributed by atoms with Crippen molar-refractivity contribution in [3.63, 3.8) is 0 Å². The molecule has 0 saturated heterocycles. The maximum Gasteiger partial charge on any atom is 0.122 e. The summed E-state index contributed by atoms with van der Waals surface area (Å²) >= 11 is 0. The molecule has 1 heterocycles. The lowest BCUT2D eigenvalue weighted by Crippen LogP contribution is -1.95. The second kappa shape index (κ2) is 5.37. The third-order valence-electron chi connectivity index (χ3n) is 2.08. The lowest BCUT2D eigenvalue weighted by atomic mass is 10.1. The van der Waals surface area contributed by atoms with E-state index in [4.69, 9.17) is 4.42 Å². The van der Waals surface area contributed by atoms with E-state index in [1.54, 1.807) is 6.26 Å². The molecular formula is C10H17OP. The molecule has 1 aromatic heterocycles. The molecule has 0 N–H and O–H groups in total. The van der Waals surface area contributed by atoms with Gasteiger partial charge in [-0.05, 0) is 24.5 Å². The summed E-state index contributed by atoms with van der Waals surface area (Å²) in [7, 11) is 2.63. The number of hydrogen-bond acceptors (Lipinski definition) is 1. The first-order chi connectivity index (χ1) is 5.84. The van der Waals surface area contributed by atoms with Crippen molar-refractivity contribution in [1.82, 2.24) is 0 Å². The summed E-state index contributed by atoms with van der Waals surface area (Å²) in [6, 6.07) is 2.06. The Morgan fingerprint density at radius 3 is 2.75 bits per heavy atom. The molecule has 0 aliphatic rings. The molecule has 0 radical (unpaired) electrons. The van der Waals surface area contributed by atoms with Crippen LogP contribution in [0.2, 0.25) is 0 Å². The van der Waals surface area contributed by atoms with Gasteiger partial charge < -0.3 is 4.42 Å². The van der Waals surface area contributed by atoms with Gasteiger partial charge in [0.2, 0.25) is 0 Å². The maximum absolute atomic E-state index is 5.18. The number of hydrogen-bond donors (Lipinski definition) is 0. The van der Waals surface area contributed by atoms with Crippen LogP contribution in [-0.2, 0) is 6.42 Å². The number of unbranched alkanes of at least 4 members (excludes halogenated alkanes) is 3. The van der Waals surface area contributed by atoms with Crippen LogP contribution in [0.3, 0.4) is 0 Å². The molecule has 68 valence electrons. The topological polar surface area (TPSA) is 13.1 Å². The summed E-state index contributed by atoms with van der Waals surface area (Å²) in [4.78, 5) is 0. The molecule has 0 aromatic carbocycles. The van der Waals surface area contributed by atoms with Gasteiger partial charge in [0.25, 0.3) is 0 Å². The molecule has 1 aromatic rings. The fraction of sp³-hybridized carbons (Fsp3) is 0.600. The van der Waals surface area contributed by atoms with E-state index in [0.717, 1.165) is 11.9 Å². The van der Waals surface area contributed by atoms with E-state index >= 15 is 0 Å². The Hall–Kier alpha value is -0.290. The highest BCUT2D eigenvalue weighted by Crippen LogP contribution is 2.08. The number of furan rings is 1. The molecular weight excluding hydrogens is 167 g/mol. The first-order valence-corrected chi connectivity index (χ1v) is 5.24. The first-order valence-electron chi connectivity index (χ1n) is 4.66. The third kappa shape index (κ3) is 2.98. The third-order valence-corrected chi connectivity index (χ3v) is 2.59. The van der Waals surface area contributed by atoms with E-state index in [0.29, 0.717) is 0 Å². The Bertz CT molecular complexity index is 217. The minimum absolute atomic E-state index is 1.01. The van der Waals surface area contributed by atoms with Gasteiger partial charge in [-0.15, -0.1) is 0 Å². The van der Waals surface area contributed by atoms with Gasteiger partial charge in [0.1, 0.15) is 5.50 Å². The largest absolute Gasteiger partial charge is 0.465 e. The van der Waals surface area contributed by atoms with Crippen LogP contribution in [0.25, 0.3) is 0 Å².